The minimum absolute atomic E-state index is 0.608. The van der Waals surface area contributed by atoms with Crippen LogP contribution in [0.5, 0.6) is 0 Å². The molecule has 4 heteroatoms. The molecule has 0 amide bonds. The summed E-state index contributed by atoms with van der Waals surface area (Å²) in [6.07, 6.45) is 0. The Morgan fingerprint density at radius 1 is 0.333 bits per heavy atom. The monoisotopic (exact) mass is 690 g/mol. The molecule has 54 heavy (non-hydrogen) atoms. The van der Waals surface area contributed by atoms with Crippen LogP contribution in [0.2, 0.25) is 0 Å². The topological polar surface area (TPSA) is 52.1 Å². The molecule has 11 aromatic rings. The first-order chi connectivity index (χ1) is 26.7. The molecule has 0 unspecified atom stereocenters. The van der Waals surface area contributed by atoms with Gasteiger partial charge in [-0.05, 0) is 87.6 Å². The Morgan fingerprint density at radius 2 is 0.963 bits per heavy atom. The van der Waals surface area contributed by atoms with E-state index in [0.29, 0.717) is 5.82 Å². The fourth-order valence-corrected chi connectivity index (χ4v) is 7.88. The van der Waals surface area contributed by atoms with Gasteiger partial charge in [-0.15, -0.1) is 0 Å². The van der Waals surface area contributed by atoms with Crippen molar-refractivity contribution in [2.45, 2.75) is 0 Å². The summed E-state index contributed by atoms with van der Waals surface area (Å²) in [5.41, 5.74) is 12.3. The van der Waals surface area contributed by atoms with Gasteiger partial charge in [0.1, 0.15) is 22.3 Å². The van der Waals surface area contributed by atoms with Crippen molar-refractivity contribution in [2.24, 2.45) is 0 Å². The average Bonchev–Trinajstić information content (AvgIpc) is 3.82. The maximum atomic E-state index is 6.50. The molecule has 11 rings (SSSR count). The third kappa shape index (κ3) is 5.00. The quantitative estimate of drug-likeness (QED) is 0.180. The van der Waals surface area contributed by atoms with Crippen molar-refractivity contribution in [1.82, 2.24) is 9.97 Å². The summed E-state index contributed by atoms with van der Waals surface area (Å²) in [4.78, 5) is 10.6. The number of benzene rings is 8. The molecule has 0 aliphatic rings. The second kappa shape index (κ2) is 12.1. The summed E-state index contributed by atoms with van der Waals surface area (Å²) in [6.45, 7) is 0. The van der Waals surface area contributed by atoms with E-state index in [2.05, 4.69) is 133 Å². The zero-order valence-electron chi connectivity index (χ0n) is 29.0. The van der Waals surface area contributed by atoms with Crippen molar-refractivity contribution in [1.29, 1.82) is 0 Å². The molecule has 3 aromatic heterocycles. The Kier molecular flexibility index (Phi) is 6.82. The van der Waals surface area contributed by atoms with Crippen LogP contribution in [0.1, 0.15) is 0 Å². The number of furan rings is 2. The highest BCUT2D eigenvalue weighted by Gasteiger charge is 2.19. The van der Waals surface area contributed by atoms with Crippen molar-refractivity contribution in [3.8, 4) is 56.2 Å². The Morgan fingerprint density at radius 3 is 1.83 bits per heavy atom. The first-order valence-electron chi connectivity index (χ1n) is 18.1. The summed E-state index contributed by atoms with van der Waals surface area (Å²) in [5.74, 6) is 0.608. The highest BCUT2D eigenvalue weighted by molar-refractivity contribution is 6.13. The number of para-hydroxylation sites is 3. The van der Waals surface area contributed by atoms with E-state index in [1.54, 1.807) is 0 Å². The van der Waals surface area contributed by atoms with Gasteiger partial charge in [0.05, 0.1) is 17.0 Å². The summed E-state index contributed by atoms with van der Waals surface area (Å²) in [7, 11) is 0. The van der Waals surface area contributed by atoms with Crippen molar-refractivity contribution in [2.75, 3.05) is 0 Å². The first-order valence-corrected chi connectivity index (χ1v) is 18.1. The maximum absolute atomic E-state index is 6.50. The highest BCUT2D eigenvalue weighted by Crippen LogP contribution is 2.41. The Balaban J connectivity index is 1.19. The third-order valence-electron chi connectivity index (χ3n) is 10.5. The van der Waals surface area contributed by atoms with Crippen LogP contribution in [0.4, 0.5) is 0 Å². The van der Waals surface area contributed by atoms with Gasteiger partial charge >= 0.3 is 0 Å². The molecule has 0 aliphatic carbocycles. The van der Waals surface area contributed by atoms with E-state index in [1.165, 1.54) is 10.8 Å². The smallest absolute Gasteiger partial charge is 0.164 e. The van der Waals surface area contributed by atoms with E-state index in [9.17, 15) is 0 Å². The van der Waals surface area contributed by atoms with Crippen molar-refractivity contribution >= 4 is 54.6 Å². The van der Waals surface area contributed by atoms with Gasteiger partial charge in [-0.2, -0.15) is 0 Å². The lowest BCUT2D eigenvalue weighted by Crippen LogP contribution is -1.97. The highest BCUT2D eigenvalue weighted by atomic mass is 16.3. The number of hydrogen-bond acceptors (Lipinski definition) is 4. The van der Waals surface area contributed by atoms with Crippen molar-refractivity contribution in [3.05, 3.63) is 182 Å². The van der Waals surface area contributed by atoms with Crippen LogP contribution in [-0.2, 0) is 0 Å². The molecule has 0 fully saturated rings. The fourth-order valence-electron chi connectivity index (χ4n) is 7.88. The lowest BCUT2D eigenvalue weighted by atomic mass is 9.92. The lowest BCUT2D eigenvalue weighted by Gasteiger charge is -2.14. The van der Waals surface area contributed by atoms with Crippen LogP contribution in [0.25, 0.3) is 111 Å². The minimum Gasteiger partial charge on any atom is -0.456 e. The van der Waals surface area contributed by atoms with Gasteiger partial charge in [-0.3, -0.25) is 0 Å². The maximum Gasteiger partial charge on any atom is 0.164 e. The molecule has 0 atom stereocenters. The number of fused-ring (bicyclic) bond motifs is 7. The predicted molar refractivity (Wildman–Crippen MR) is 221 cm³/mol. The normalized spacial score (nSPS) is 11.7. The molecule has 252 valence electrons. The standard InChI is InChI=1S/C50H30N2O2/c1-2-13-32(14-3-1)43-30-44(52-50(51-43)42-20-10-19-40-39-16-6-8-21-45(39)54-49(40)42)37-28-35(34-25-24-31-12-4-5-15-33(31)26-34)27-36(29-37)38-18-11-23-47-48(38)41-17-7-9-22-46(41)53-47/h1-30H. The number of aromatic nitrogens is 2. The molecular formula is C50H30N2O2. The van der Waals surface area contributed by atoms with E-state index < -0.39 is 0 Å². The van der Waals surface area contributed by atoms with Gasteiger partial charge in [0.2, 0.25) is 0 Å². The first kappa shape index (κ1) is 30.3. The summed E-state index contributed by atoms with van der Waals surface area (Å²) >= 11 is 0. The summed E-state index contributed by atoms with van der Waals surface area (Å²) in [6, 6.07) is 63.4. The van der Waals surface area contributed by atoms with Crippen LogP contribution >= 0.6 is 0 Å². The molecular weight excluding hydrogens is 661 g/mol. The van der Waals surface area contributed by atoms with Crippen LogP contribution in [0.3, 0.4) is 0 Å². The minimum atomic E-state index is 0.608. The fraction of sp³-hybridized carbons (Fsp3) is 0. The molecule has 0 radical (unpaired) electrons. The Hall–Kier alpha value is -7.30. The van der Waals surface area contributed by atoms with Gasteiger partial charge in [0.15, 0.2) is 5.82 Å². The van der Waals surface area contributed by atoms with Crippen LogP contribution in [0.15, 0.2) is 191 Å². The van der Waals surface area contributed by atoms with E-state index >= 15 is 0 Å². The van der Waals surface area contributed by atoms with E-state index in [1.807, 2.05) is 48.5 Å². The predicted octanol–water partition coefficient (Wildman–Crippen LogP) is 13.8. The molecule has 8 aromatic carbocycles. The number of rotatable bonds is 5. The molecule has 0 spiro atoms. The second-order valence-corrected chi connectivity index (χ2v) is 13.7. The van der Waals surface area contributed by atoms with E-state index in [0.717, 1.165) is 94.2 Å². The molecule has 3 heterocycles. The summed E-state index contributed by atoms with van der Waals surface area (Å²) < 4.78 is 12.8. The van der Waals surface area contributed by atoms with Crippen LogP contribution < -0.4 is 0 Å². The molecule has 0 bridgehead atoms. The van der Waals surface area contributed by atoms with Gasteiger partial charge in [0.25, 0.3) is 0 Å². The Bertz CT molecular complexity index is 3230. The van der Waals surface area contributed by atoms with E-state index in [-0.39, 0.29) is 0 Å². The largest absolute Gasteiger partial charge is 0.456 e. The lowest BCUT2D eigenvalue weighted by molar-refractivity contribution is 0.669. The van der Waals surface area contributed by atoms with Gasteiger partial charge in [0, 0.05) is 32.7 Å². The average molecular weight is 691 g/mol. The number of hydrogen-bond donors (Lipinski definition) is 0. The Labute approximate surface area is 310 Å². The summed E-state index contributed by atoms with van der Waals surface area (Å²) in [5, 5.41) is 6.70. The third-order valence-corrected chi connectivity index (χ3v) is 10.5. The van der Waals surface area contributed by atoms with E-state index in [4.69, 9.17) is 18.8 Å². The molecule has 4 nitrogen and oxygen atoms in total. The number of nitrogens with zero attached hydrogens (tertiary/aromatic N) is 2. The van der Waals surface area contributed by atoms with Gasteiger partial charge in [-0.1, -0.05) is 127 Å². The molecule has 0 N–H and O–H groups in total. The molecule has 0 saturated heterocycles. The second-order valence-electron chi connectivity index (χ2n) is 13.7. The van der Waals surface area contributed by atoms with Crippen molar-refractivity contribution < 1.29 is 8.83 Å². The molecule has 0 saturated carbocycles. The van der Waals surface area contributed by atoms with Crippen LogP contribution in [-0.4, -0.2) is 9.97 Å². The zero-order chi connectivity index (χ0) is 35.6. The van der Waals surface area contributed by atoms with Crippen molar-refractivity contribution in [3.63, 3.8) is 0 Å². The molecule has 0 aliphatic heterocycles. The van der Waals surface area contributed by atoms with Crippen LogP contribution in [0, 0.1) is 0 Å². The zero-order valence-corrected chi connectivity index (χ0v) is 29.0. The SMILES string of the molecule is c1ccc(-c2cc(-c3cc(-c4ccc5ccccc5c4)cc(-c4cccc5oc6ccccc6c45)c3)nc(-c3cccc4c3oc3ccccc34)n2)cc1. The van der Waals surface area contributed by atoms with Gasteiger partial charge in [-0.25, -0.2) is 9.97 Å². The van der Waals surface area contributed by atoms with Gasteiger partial charge < -0.3 is 8.83 Å².